The topological polar surface area (TPSA) is 61.3 Å². The van der Waals surface area contributed by atoms with Crippen LogP contribution in [0.15, 0.2) is 18.5 Å². The summed E-state index contributed by atoms with van der Waals surface area (Å²) >= 11 is 0. The van der Waals surface area contributed by atoms with E-state index in [4.69, 9.17) is 9.47 Å². The van der Waals surface area contributed by atoms with Crippen LogP contribution in [0.1, 0.15) is 20.3 Å². The van der Waals surface area contributed by atoms with E-state index in [2.05, 4.69) is 10.2 Å². The second-order valence-corrected chi connectivity index (χ2v) is 3.69. The van der Waals surface area contributed by atoms with E-state index in [1.54, 1.807) is 13.2 Å². The lowest BCUT2D eigenvalue weighted by Gasteiger charge is -2.21. The van der Waals surface area contributed by atoms with Crippen LogP contribution in [0.4, 0.5) is 0 Å². The molecule has 0 spiro atoms. The van der Waals surface area contributed by atoms with Crippen LogP contribution in [0.2, 0.25) is 0 Å². The fourth-order valence-electron chi connectivity index (χ4n) is 0.926. The van der Waals surface area contributed by atoms with E-state index in [0.29, 0.717) is 5.75 Å². The lowest BCUT2D eigenvalue weighted by molar-refractivity contribution is -0.139. The van der Waals surface area contributed by atoms with Crippen molar-refractivity contribution >= 4 is 5.97 Å². The number of ether oxygens (including phenoxy) is 2. The van der Waals surface area contributed by atoms with Crippen molar-refractivity contribution in [3.05, 3.63) is 18.5 Å². The molecule has 1 aromatic rings. The Morgan fingerprint density at radius 3 is 2.73 bits per heavy atom. The van der Waals surface area contributed by atoms with Gasteiger partial charge in [0.15, 0.2) is 5.75 Å². The highest BCUT2D eigenvalue weighted by atomic mass is 16.5. The fourth-order valence-corrected chi connectivity index (χ4v) is 0.926. The van der Waals surface area contributed by atoms with Gasteiger partial charge in [0.05, 0.1) is 24.4 Å². The molecule has 1 rings (SSSR count). The van der Waals surface area contributed by atoms with Gasteiger partial charge >= 0.3 is 5.97 Å². The molecule has 1 heterocycles. The average Bonchev–Trinajstić information content (AvgIpc) is 2.18. The normalized spacial score (nSPS) is 11.1. The van der Waals surface area contributed by atoms with E-state index in [9.17, 15) is 4.79 Å². The van der Waals surface area contributed by atoms with Crippen molar-refractivity contribution in [1.82, 2.24) is 10.2 Å². The number of hydrogen-bond acceptors (Lipinski definition) is 5. The molecule has 15 heavy (non-hydrogen) atoms. The van der Waals surface area contributed by atoms with Crippen LogP contribution in [-0.2, 0) is 9.53 Å². The van der Waals surface area contributed by atoms with Gasteiger partial charge in [0.1, 0.15) is 0 Å². The van der Waals surface area contributed by atoms with Gasteiger partial charge in [-0.05, 0) is 13.8 Å². The van der Waals surface area contributed by atoms with E-state index in [1.165, 1.54) is 12.4 Å². The Morgan fingerprint density at radius 1 is 1.47 bits per heavy atom. The van der Waals surface area contributed by atoms with Gasteiger partial charge in [0.2, 0.25) is 0 Å². The smallest absolute Gasteiger partial charge is 0.314 e. The monoisotopic (exact) mass is 210 g/mol. The highest BCUT2D eigenvalue weighted by Gasteiger charge is 2.22. The summed E-state index contributed by atoms with van der Waals surface area (Å²) in [6, 6.07) is 1.57. The fraction of sp³-hybridized carbons (Fsp3) is 0.500. The zero-order valence-corrected chi connectivity index (χ0v) is 9.06. The number of hydrogen-bond donors (Lipinski definition) is 0. The van der Waals surface area contributed by atoms with Crippen LogP contribution < -0.4 is 4.74 Å². The maximum atomic E-state index is 11.4. The largest absolute Gasteiger partial charge is 0.425 e. The van der Waals surface area contributed by atoms with Gasteiger partial charge in [-0.2, -0.15) is 10.2 Å². The lowest BCUT2D eigenvalue weighted by Crippen LogP contribution is -2.28. The van der Waals surface area contributed by atoms with Gasteiger partial charge < -0.3 is 9.47 Å². The molecule has 82 valence electrons. The molecule has 0 amide bonds. The second kappa shape index (κ2) is 4.84. The minimum absolute atomic E-state index is 0.186. The molecule has 0 N–H and O–H groups in total. The van der Waals surface area contributed by atoms with Gasteiger partial charge in [-0.1, -0.05) is 0 Å². The van der Waals surface area contributed by atoms with E-state index in [0.717, 1.165) is 0 Å². The molecule has 0 aromatic carbocycles. The van der Waals surface area contributed by atoms with Gasteiger partial charge in [-0.25, -0.2) is 0 Å². The first-order chi connectivity index (χ1) is 7.03. The van der Waals surface area contributed by atoms with Gasteiger partial charge in [-0.15, -0.1) is 0 Å². The molecule has 0 fully saturated rings. The first-order valence-electron chi connectivity index (χ1n) is 4.56. The Balaban J connectivity index is 2.51. The van der Waals surface area contributed by atoms with Crippen molar-refractivity contribution in [1.29, 1.82) is 0 Å². The van der Waals surface area contributed by atoms with Gasteiger partial charge in [0.25, 0.3) is 0 Å². The first kappa shape index (κ1) is 11.6. The SMILES string of the molecule is COC(C)(C)CC(=O)Oc1ccnnc1. The molecule has 0 atom stereocenters. The molecule has 1 aromatic heterocycles. The first-order valence-corrected chi connectivity index (χ1v) is 4.56. The third-order valence-electron chi connectivity index (χ3n) is 1.91. The summed E-state index contributed by atoms with van der Waals surface area (Å²) in [4.78, 5) is 11.4. The van der Waals surface area contributed by atoms with Crippen molar-refractivity contribution in [3.63, 3.8) is 0 Å². The highest BCUT2D eigenvalue weighted by Crippen LogP contribution is 2.15. The molecule has 5 nitrogen and oxygen atoms in total. The Kier molecular flexibility index (Phi) is 3.74. The zero-order valence-electron chi connectivity index (χ0n) is 9.06. The number of nitrogens with zero attached hydrogens (tertiary/aromatic N) is 2. The minimum Gasteiger partial charge on any atom is -0.425 e. The third-order valence-corrected chi connectivity index (χ3v) is 1.91. The average molecular weight is 210 g/mol. The van der Waals surface area contributed by atoms with Gasteiger partial charge in [0, 0.05) is 13.2 Å². The molecule has 5 heteroatoms. The van der Waals surface area contributed by atoms with Crippen LogP contribution in [0.3, 0.4) is 0 Å². The van der Waals surface area contributed by atoms with E-state index in [-0.39, 0.29) is 12.4 Å². The highest BCUT2D eigenvalue weighted by molar-refractivity contribution is 5.73. The maximum absolute atomic E-state index is 11.4. The van der Waals surface area contributed by atoms with Crippen LogP contribution in [0.5, 0.6) is 5.75 Å². The quantitative estimate of drug-likeness (QED) is 0.699. The molecule has 0 bridgehead atoms. The Bertz CT molecular complexity index is 325. The number of methoxy groups -OCH3 is 1. The number of aromatic nitrogens is 2. The summed E-state index contributed by atoms with van der Waals surface area (Å²) < 4.78 is 10.1. The molecule has 0 saturated carbocycles. The standard InChI is InChI=1S/C10H14N2O3/c1-10(2,14-3)6-9(13)15-8-4-5-11-12-7-8/h4-5,7H,6H2,1-3H3. The van der Waals surface area contributed by atoms with Crippen molar-refractivity contribution in [2.75, 3.05) is 7.11 Å². The van der Waals surface area contributed by atoms with Crippen LogP contribution in [0, 0.1) is 0 Å². The van der Waals surface area contributed by atoms with E-state index in [1.807, 2.05) is 13.8 Å². The Morgan fingerprint density at radius 2 is 2.20 bits per heavy atom. The second-order valence-electron chi connectivity index (χ2n) is 3.69. The summed E-state index contributed by atoms with van der Waals surface area (Å²) in [6.45, 7) is 3.64. The molecule has 0 unspecified atom stereocenters. The summed E-state index contributed by atoms with van der Waals surface area (Å²) in [7, 11) is 1.56. The predicted octanol–water partition coefficient (Wildman–Crippen LogP) is 1.20. The maximum Gasteiger partial charge on any atom is 0.314 e. The molecular weight excluding hydrogens is 196 g/mol. The molecular formula is C10H14N2O3. The summed E-state index contributed by atoms with van der Waals surface area (Å²) in [5.41, 5.74) is -0.516. The lowest BCUT2D eigenvalue weighted by atomic mass is 10.1. The summed E-state index contributed by atoms with van der Waals surface area (Å²) in [5, 5.41) is 7.17. The third kappa shape index (κ3) is 4.03. The summed E-state index contributed by atoms with van der Waals surface area (Å²) in [6.07, 6.45) is 3.04. The van der Waals surface area contributed by atoms with E-state index < -0.39 is 5.60 Å². The molecule has 0 aliphatic carbocycles. The number of esters is 1. The van der Waals surface area contributed by atoms with Crippen LogP contribution in [-0.4, -0.2) is 28.9 Å². The van der Waals surface area contributed by atoms with Crippen molar-refractivity contribution in [2.45, 2.75) is 25.9 Å². The minimum atomic E-state index is -0.516. The zero-order chi connectivity index (χ0) is 11.3. The predicted molar refractivity (Wildman–Crippen MR) is 53.4 cm³/mol. The van der Waals surface area contributed by atoms with Crippen LogP contribution in [0.25, 0.3) is 0 Å². The number of carbonyl (C=O) groups excluding carboxylic acids is 1. The Hall–Kier alpha value is -1.49. The number of carbonyl (C=O) groups is 1. The number of rotatable bonds is 4. The molecule has 0 radical (unpaired) electrons. The molecule has 0 aliphatic heterocycles. The summed E-state index contributed by atoms with van der Waals surface area (Å²) in [5.74, 6) is 0.0387. The van der Waals surface area contributed by atoms with Gasteiger partial charge in [-0.3, -0.25) is 4.79 Å². The van der Waals surface area contributed by atoms with Crippen LogP contribution >= 0.6 is 0 Å². The van der Waals surface area contributed by atoms with Crippen molar-refractivity contribution in [2.24, 2.45) is 0 Å². The molecule has 0 aliphatic rings. The Labute approximate surface area is 88.4 Å². The van der Waals surface area contributed by atoms with Crippen molar-refractivity contribution < 1.29 is 14.3 Å². The molecule has 0 saturated heterocycles. The van der Waals surface area contributed by atoms with E-state index >= 15 is 0 Å². The van der Waals surface area contributed by atoms with Crippen molar-refractivity contribution in [3.8, 4) is 5.75 Å².